The Kier molecular flexibility index (Phi) is 4.93. The Hall–Kier alpha value is -1.39. The molecule has 0 unspecified atom stereocenters. The molecular weight excluding hydrogens is 328 g/mol. The lowest BCUT2D eigenvalue weighted by atomic mass is 10.2. The van der Waals surface area contributed by atoms with Crippen LogP contribution >= 0.6 is 27.5 Å². The van der Waals surface area contributed by atoms with Gasteiger partial charge in [-0.25, -0.2) is 0 Å². The van der Waals surface area contributed by atoms with Gasteiger partial charge in [0.1, 0.15) is 0 Å². The molecule has 1 N–H and O–H groups in total. The molecule has 1 heterocycles. The van der Waals surface area contributed by atoms with Gasteiger partial charge in [-0.2, -0.15) is 0 Å². The number of amides is 1. The Morgan fingerprint density at radius 1 is 1.26 bits per heavy atom. The highest BCUT2D eigenvalue weighted by molar-refractivity contribution is 9.10. The first-order valence-electron chi connectivity index (χ1n) is 5.79. The van der Waals surface area contributed by atoms with Crippen molar-refractivity contribution in [2.75, 3.05) is 6.54 Å². The first kappa shape index (κ1) is 14.0. The van der Waals surface area contributed by atoms with Gasteiger partial charge in [0.25, 0.3) is 5.91 Å². The molecule has 98 valence electrons. The Morgan fingerprint density at radius 3 is 2.74 bits per heavy atom. The van der Waals surface area contributed by atoms with Gasteiger partial charge in [0.15, 0.2) is 0 Å². The quantitative estimate of drug-likeness (QED) is 0.927. The summed E-state index contributed by atoms with van der Waals surface area (Å²) in [5, 5.41) is 3.29. The number of carbonyl (C=O) groups excluding carboxylic acids is 1. The number of carbonyl (C=O) groups is 1. The van der Waals surface area contributed by atoms with Crippen LogP contribution in [0.4, 0.5) is 0 Å². The maximum Gasteiger partial charge on any atom is 0.252 e. The van der Waals surface area contributed by atoms with E-state index in [1.165, 1.54) is 0 Å². The fraction of sp³-hybridized carbons (Fsp3) is 0.143. The Bertz CT molecular complexity index is 575. The van der Waals surface area contributed by atoms with Crippen LogP contribution in [0.2, 0.25) is 5.02 Å². The van der Waals surface area contributed by atoms with Gasteiger partial charge >= 0.3 is 0 Å². The Morgan fingerprint density at radius 2 is 2.00 bits per heavy atom. The van der Waals surface area contributed by atoms with Gasteiger partial charge in [-0.05, 0) is 52.2 Å². The summed E-state index contributed by atoms with van der Waals surface area (Å²) in [6.45, 7) is 0.561. The number of benzene rings is 1. The number of nitrogens with one attached hydrogen (secondary N) is 1. The standard InChI is InChI=1S/C14H12BrClN2O/c15-12-3-1-2-11(13(12)16)14(19)18-9-6-10-4-7-17-8-5-10/h1-5,7-8H,6,9H2,(H,18,19). The second kappa shape index (κ2) is 6.68. The predicted octanol–water partition coefficient (Wildman–Crippen LogP) is 3.47. The molecule has 0 radical (unpaired) electrons. The fourth-order valence-corrected chi connectivity index (χ4v) is 2.22. The maximum absolute atomic E-state index is 12.0. The molecule has 0 spiro atoms. The molecule has 2 aromatic rings. The molecule has 1 amide bonds. The van der Waals surface area contributed by atoms with Gasteiger partial charge in [-0.15, -0.1) is 0 Å². The van der Waals surface area contributed by atoms with Crippen molar-refractivity contribution >= 4 is 33.4 Å². The number of hydrogen-bond donors (Lipinski definition) is 1. The molecule has 2 rings (SSSR count). The van der Waals surface area contributed by atoms with Crippen LogP contribution in [0.1, 0.15) is 15.9 Å². The van der Waals surface area contributed by atoms with E-state index >= 15 is 0 Å². The van der Waals surface area contributed by atoms with E-state index in [9.17, 15) is 4.79 Å². The van der Waals surface area contributed by atoms with Crippen LogP contribution in [0.15, 0.2) is 47.2 Å². The van der Waals surface area contributed by atoms with E-state index in [1.54, 1.807) is 30.6 Å². The summed E-state index contributed by atoms with van der Waals surface area (Å²) < 4.78 is 0.718. The summed E-state index contributed by atoms with van der Waals surface area (Å²) in [4.78, 5) is 15.9. The number of halogens is 2. The van der Waals surface area contributed by atoms with Crippen molar-refractivity contribution in [2.24, 2.45) is 0 Å². The first-order chi connectivity index (χ1) is 9.18. The van der Waals surface area contributed by atoms with Crippen molar-refractivity contribution in [1.29, 1.82) is 0 Å². The molecule has 5 heteroatoms. The van der Waals surface area contributed by atoms with Crippen LogP contribution in [0.5, 0.6) is 0 Å². The van der Waals surface area contributed by atoms with Crippen LogP contribution in [0.25, 0.3) is 0 Å². The molecule has 0 bridgehead atoms. The van der Waals surface area contributed by atoms with Crippen LogP contribution in [0.3, 0.4) is 0 Å². The van der Waals surface area contributed by atoms with E-state index in [0.29, 0.717) is 17.1 Å². The summed E-state index contributed by atoms with van der Waals surface area (Å²) in [5.74, 6) is -0.166. The minimum absolute atomic E-state index is 0.166. The molecule has 1 aromatic carbocycles. The zero-order valence-corrected chi connectivity index (χ0v) is 12.4. The largest absolute Gasteiger partial charge is 0.352 e. The van der Waals surface area contributed by atoms with Gasteiger partial charge in [0.2, 0.25) is 0 Å². The third kappa shape index (κ3) is 3.78. The lowest BCUT2D eigenvalue weighted by Crippen LogP contribution is -2.26. The molecule has 0 aliphatic heterocycles. The monoisotopic (exact) mass is 338 g/mol. The fourth-order valence-electron chi connectivity index (χ4n) is 1.64. The number of aromatic nitrogens is 1. The number of hydrogen-bond acceptors (Lipinski definition) is 2. The van der Waals surface area contributed by atoms with Crippen LogP contribution < -0.4 is 5.32 Å². The van der Waals surface area contributed by atoms with Gasteiger partial charge in [-0.3, -0.25) is 9.78 Å². The smallest absolute Gasteiger partial charge is 0.252 e. The minimum atomic E-state index is -0.166. The zero-order valence-electron chi connectivity index (χ0n) is 10.1. The summed E-state index contributed by atoms with van der Waals surface area (Å²) in [6, 6.07) is 9.15. The van der Waals surface area contributed by atoms with E-state index in [-0.39, 0.29) is 5.91 Å². The molecule has 0 saturated heterocycles. The number of nitrogens with zero attached hydrogens (tertiary/aromatic N) is 1. The third-order valence-corrected chi connectivity index (χ3v) is 3.94. The van der Waals surface area contributed by atoms with Crippen molar-refractivity contribution < 1.29 is 4.79 Å². The highest BCUT2D eigenvalue weighted by atomic mass is 79.9. The van der Waals surface area contributed by atoms with E-state index in [0.717, 1.165) is 16.5 Å². The zero-order chi connectivity index (χ0) is 13.7. The summed E-state index contributed by atoms with van der Waals surface area (Å²) in [5.41, 5.74) is 1.61. The van der Waals surface area contributed by atoms with Gasteiger partial charge in [0, 0.05) is 23.4 Å². The Balaban J connectivity index is 1.93. The molecule has 0 aliphatic carbocycles. The van der Waals surface area contributed by atoms with E-state index in [4.69, 9.17) is 11.6 Å². The predicted molar refractivity (Wildman–Crippen MR) is 79.4 cm³/mol. The lowest BCUT2D eigenvalue weighted by molar-refractivity contribution is 0.0954. The average molecular weight is 340 g/mol. The third-order valence-electron chi connectivity index (χ3n) is 2.64. The second-order valence-electron chi connectivity index (χ2n) is 3.96. The number of rotatable bonds is 4. The topological polar surface area (TPSA) is 42.0 Å². The van der Waals surface area contributed by atoms with Crippen molar-refractivity contribution in [3.8, 4) is 0 Å². The lowest BCUT2D eigenvalue weighted by Gasteiger charge is -2.07. The molecule has 0 aliphatic rings. The summed E-state index contributed by atoms with van der Waals surface area (Å²) in [6.07, 6.45) is 4.24. The van der Waals surface area contributed by atoms with Gasteiger partial charge in [0.05, 0.1) is 10.6 Å². The van der Waals surface area contributed by atoms with Gasteiger partial charge in [-0.1, -0.05) is 17.7 Å². The van der Waals surface area contributed by atoms with Crippen LogP contribution in [-0.4, -0.2) is 17.4 Å². The average Bonchev–Trinajstić information content (AvgIpc) is 2.43. The van der Waals surface area contributed by atoms with Crippen molar-refractivity contribution in [2.45, 2.75) is 6.42 Å². The molecule has 3 nitrogen and oxygen atoms in total. The molecule has 1 aromatic heterocycles. The second-order valence-corrected chi connectivity index (χ2v) is 5.20. The first-order valence-corrected chi connectivity index (χ1v) is 6.96. The highest BCUT2D eigenvalue weighted by Crippen LogP contribution is 2.25. The van der Waals surface area contributed by atoms with Crippen molar-refractivity contribution in [3.63, 3.8) is 0 Å². The molecule has 0 atom stereocenters. The molecule has 19 heavy (non-hydrogen) atoms. The van der Waals surface area contributed by atoms with Gasteiger partial charge < -0.3 is 5.32 Å². The normalized spacial score (nSPS) is 10.2. The van der Waals surface area contributed by atoms with E-state index in [1.807, 2.05) is 12.1 Å². The molecule has 0 fully saturated rings. The van der Waals surface area contributed by atoms with E-state index < -0.39 is 0 Å². The van der Waals surface area contributed by atoms with Crippen LogP contribution in [-0.2, 0) is 6.42 Å². The highest BCUT2D eigenvalue weighted by Gasteiger charge is 2.11. The maximum atomic E-state index is 12.0. The Labute approximate surface area is 125 Å². The summed E-state index contributed by atoms with van der Waals surface area (Å²) in [7, 11) is 0. The summed E-state index contributed by atoms with van der Waals surface area (Å²) >= 11 is 9.37. The number of pyridine rings is 1. The molecule has 0 saturated carbocycles. The minimum Gasteiger partial charge on any atom is -0.352 e. The SMILES string of the molecule is O=C(NCCc1ccncc1)c1cccc(Br)c1Cl. The van der Waals surface area contributed by atoms with Crippen LogP contribution in [0, 0.1) is 0 Å². The van der Waals surface area contributed by atoms with Crippen molar-refractivity contribution in [1.82, 2.24) is 10.3 Å². The van der Waals surface area contributed by atoms with Crippen molar-refractivity contribution in [3.05, 3.63) is 63.3 Å². The van der Waals surface area contributed by atoms with E-state index in [2.05, 4.69) is 26.2 Å². The molecular formula is C14H12BrClN2O.